The van der Waals surface area contributed by atoms with Crippen molar-refractivity contribution in [3.05, 3.63) is 0 Å². The van der Waals surface area contributed by atoms with E-state index in [0.29, 0.717) is 19.8 Å². The molecule has 0 fully saturated rings. The SMILES string of the molecule is COC(=O)C(Br)COCCOC(C)(C)C. The van der Waals surface area contributed by atoms with E-state index < -0.39 is 4.83 Å². The Morgan fingerprint density at radius 3 is 2.40 bits per heavy atom. The maximum absolute atomic E-state index is 11.0. The molecule has 0 aliphatic heterocycles. The summed E-state index contributed by atoms with van der Waals surface area (Å²) in [7, 11) is 1.35. The molecule has 1 unspecified atom stereocenters. The van der Waals surface area contributed by atoms with Crippen LogP contribution in [-0.2, 0) is 19.0 Å². The van der Waals surface area contributed by atoms with E-state index in [9.17, 15) is 4.79 Å². The number of hydrogen-bond donors (Lipinski definition) is 0. The summed E-state index contributed by atoms with van der Waals surface area (Å²) in [5.41, 5.74) is -0.153. The van der Waals surface area contributed by atoms with Crippen molar-refractivity contribution < 1.29 is 19.0 Å². The Morgan fingerprint density at radius 1 is 1.33 bits per heavy atom. The second-order valence-electron chi connectivity index (χ2n) is 4.03. The van der Waals surface area contributed by atoms with Gasteiger partial charge in [0.1, 0.15) is 4.83 Å². The van der Waals surface area contributed by atoms with Gasteiger partial charge in [0.25, 0.3) is 0 Å². The average molecular weight is 283 g/mol. The largest absolute Gasteiger partial charge is 0.468 e. The fourth-order valence-electron chi connectivity index (χ4n) is 0.789. The summed E-state index contributed by atoms with van der Waals surface area (Å²) in [4.78, 5) is 10.5. The van der Waals surface area contributed by atoms with Crippen LogP contribution in [0.1, 0.15) is 20.8 Å². The molecule has 0 saturated carbocycles. The third-order valence-electron chi connectivity index (χ3n) is 1.48. The lowest BCUT2D eigenvalue weighted by molar-refractivity contribution is -0.141. The first-order valence-electron chi connectivity index (χ1n) is 4.80. The van der Waals surface area contributed by atoms with Crippen LogP contribution in [-0.4, -0.2) is 43.3 Å². The average Bonchev–Trinajstić information content (AvgIpc) is 2.14. The highest BCUT2D eigenvalue weighted by molar-refractivity contribution is 9.10. The number of methoxy groups -OCH3 is 1. The normalized spacial score (nSPS) is 13.7. The minimum absolute atomic E-state index is 0.153. The fourth-order valence-corrected chi connectivity index (χ4v) is 1.16. The first-order chi connectivity index (χ1) is 6.87. The molecule has 0 rings (SSSR count). The quantitative estimate of drug-likeness (QED) is 0.423. The van der Waals surface area contributed by atoms with Crippen LogP contribution in [0.2, 0.25) is 0 Å². The molecule has 0 spiro atoms. The van der Waals surface area contributed by atoms with Crippen molar-refractivity contribution >= 4 is 21.9 Å². The van der Waals surface area contributed by atoms with Crippen LogP contribution >= 0.6 is 15.9 Å². The minimum Gasteiger partial charge on any atom is -0.468 e. The second-order valence-corrected chi connectivity index (χ2v) is 5.13. The van der Waals surface area contributed by atoms with Crippen LogP contribution < -0.4 is 0 Å². The summed E-state index contributed by atoms with van der Waals surface area (Å²) >= 11 is 3.15. The van der Waals surface area contributed by atoms with Crippen molar-refractivity contribution in [1.82, 2.24) is 0 Å². The van der Waals surface area contributed by atoms with E-state index >= 15 is 0 Å². The van der Waals surface area contributed by atoms with Gasteiger partial charge in [-0.05, 0) is 20.8 Å². The standard InChI is InChI=1S/C10H19BrO4/c1-10(2,3)15-6-5-14-7-8(11)9(12)13-4/h8H,5-7H2,1-4H3. The van der Waals surface area contributed by atoms with Gasteiger partial charge >= 0.3 is 5.97 Å². The Balaban J connectivity index is 3.43. The molecular formula is C10H19BrO4. The van der Waals surface area contributed by atoms with Gasteiger partial charge in [-0.3, -0.25) is 4.79 Å². The molecule has 0 aliphatic rings. The van der Waals surface area contributed by atoms with Gasteiger partial charge in [-0.1, -0.05) is 15.9 Å². The molecule has 4 nitrogen and oxygen atoms in total. The second kappa shape index (κ2) is 7.19. The number of carbonyl (C=O) groups is 1. The van der Waals surface area contributed by atoms with Crippen LogP contribution in [0.25, 0.3) is 0 Å². The summed E-state index contributed by atoms with van der Waals surface area (Å²) < 4.78 is 15.2. The molecule has 0 N–H and O–H groups in total. The predicted molar refractivity (Wildman–Crippen MR) is 61.3 cm³/mol. The van der Waals surface area contributed by atoms with E-state index in [1.807, 2.05) is 20.8 Å². The monoisotopic (exact) mass is 282 g/mol. The lowest BCUT2D eigenvalue weighted by atomic mass is 10.2. The van der Waals surface area contributed by atoms with Gasteiger partial charge in [0, 0.05) is 0 Å². The van der Waals surface area contributed by atoms with Crippen LogP contribution in [0.15, 0.2) is 0 Å². The third-order valence-corrected chi connectivity index (χ3v) is 2.12. The molecule has 1 atom stereocenters. The fraction of sp³-hybridized carbons (Fsp3) is 0.900. The van der Waals surface area contributed by atoms with E-state index in [-0.39, 0.29) is 11.6 Å². The number of ether oxygens (including phenoxy) is 3. The third kappa shape index (κ3) is 8.84. The number of rotatable bonds is 6. The summed E-state index contributed by atoms with van der Waals surface area (Å²) in [6.07, 6.45) is 0. The lowest BCUT2D eigenvalue weighted by Gasteiger charge is -2.19. The summed E-state index contributed by atoms with van der Waals surface area (Å²) in [5.74, 6) is -0.327. The van der Waals surface area contributed by atoms with Crippen molar-refractivity contribution in [2.24, 2.45) is 0 Å². The number of hydrogen-bond acceptors (Lipinski definition) is 4. The predicted octanol–water partition coefficient (Wildman–Crippen LogP) is 1.75. The van der Waals surface area contributed by atoms with Crippen LogP contribution in [0.3, 0.4) is 0 Å². The van der Waals surface area contributed by atoms with Gasteiger partial charge < -0.3 is 14.2 Å². The highest BCUT2D eigenvalue weighted by atomic mass is 79.9. The van der Waals surface area contributed by atoms with Gasteiger partial charge in [0.2, 0.25) is 0 Å². The lowest BCUT2D eigenvalue weighted by Crippen LogP contribution is -2.25. The van der Waals surface area contributed by atoms with Crippen LogP contribution in [0.4, 0.5) is 0 Å². The number of halogens is 1. The zero-order valence-corrected chi connectivity index (χ0v) is 11.3. The van der Waals surface area contributed by atoms with E-state index in [2.05, 4.69) is 20.7 Å². The zero-order chi connectivity index (χ0) is 11.9. The Bertz CT molecular complexity index is 188. The van der Waals surface area contributed by atoms with Crippen LogP contribution in [0, 0.1) is 0 Å². The molecule has 5 heteroatoms. The number of esters is 1. The smallest absolute Gasteiger partial charge is 0.321 e. The minimum atomic E-state index is -0.405. The molecule has 0 radical (unpaired) electrons. The van der Waals surface area contributed by atoms with E-state index in [4.69, 9.17) is 9.47 Å². The molecule has 0 amide bonds. The van der Waals surface area contributed by atoms with Gasteiger partial charge in [-0.2, -0.15) is 0 Å². The Kier molecular flexibility index (Phi) is 7.13. The molecule has 0 bridgehead atoms. The maximum Gasteiger partial charge on any atom is 0.321 e. The van der Waals surface area contributed by atoms with Gasteiger partial charge in [-0.15, -0.1) is 0 Å². The Hall–Kier alpha value is -0.130. The van der Waals surface area contributed by atoms with Crippen molar-refractivity contribution in [2.45, 2.75) is 31.2 Å². The highest BCUT2D eigenvalue weighted by Crippen LogP contribution is 2.06. The summed E-state index contributed by atoms with van der Waals surface area (Å²) in [6, 6.07) is 0. The molecule has 0 aromatic heterocycles. The molecule has 0 aliphatic carbocycles. The topological polar surface area (TPSA) is 44.8 Å². The molecule has 0 aromatic rings. The van der Waals surface area contributed by atoms with E-state index in [1.165, 1.54) is 7.11 Å². The van der Waals surface area contributed by atoms with Crippen molar-refractivity contribution in [3.8, 4) is 0 Å². The van der Waals surface area contributed by atoms with Crippen molar-refractivity contribution in [2.75, 3.05) is 26.9 Å². The van der Waals surface area contributed by atoms with E-state index in [1.54, 1.807) is 0 Å². The summed E-state index contributed by atoms with van der Waals surface area (Å²) in [6.45, 7) is 7.22. The van der Waals surface area contributed by atoms with Crippen molar-refractivity contribution in [1.29, 1.82) is 0 Å². The van der Waals surface area contributed by atoms with Crippen molar-refractivity contribution in [3.63, 3.8) is 0 Å². The molecule has 0 aromatic carbocycles. The number of carbonyl (C=O) groups excluding carboxylic acids is 1. The zero-order valence-electron chi connectivity index (χ0n) is 9.71. The molecule has 90 valence electrons. The first-order valence-corrected chi connectivity index (χ1v) is 5.72. The Morgan fingerprint density at radius 2 is 1.93 bits per heavy atom. The van der Waals surface area contributed by atoms with Gasteiger partial charge in [-0.25, -0.2) is 0 Å². The van der Waals surface area contributed by atoms with E-state index in [0.717, 1.165) is 0 Å². The maximum atomic E-state index is 11.0. The number of alkyl halides is 1. The highest BCUT2D eigenvalue weighted by Gasteiger charge is 2.15. The van der Waals surface area contributed by atoms with Gasteiger partial charge in [0.15, 0.2) is 0 Å². The molecule has 15 heavy (non-hydrogen) atoms. The summed E-state index contributed by atoms with van der Waals surface area (Å²) in [5, 5.41) is 0. The molecule has 0 saturated heterocycles. The first kappa shape index (κ1) is 14.9. The molecular weight excluding hydrogens is 264 g/mol. The Labute approximate surface area is 99.4 Å². The molecule has 0 heterocycles. The van der Waals surface area contributed by atoms with Crippen LogP contribution in [0.5, 0.6) is 0 Å². The van der Waals surface area contributed by atoms with Gasteiger partial charge in [0.05, 0.1) is 32.5 Å².